The molecule has 2 heterocycles. The van der Waals surface area contributed by atoms with Gasteiger partial charge in [0.1, 0.15) is 22.6 Å². The molecular formula is C19H25N3O3S. The lowest BCUT2D eigenvalue weighted by molar-refractivity contribution is 0.170. The van der Waals surface area contributed by atoms with Crippen LogP contribution in [0.2, 0.25) is 0 Å². The molecule has 1 aromatic heterocycles. The van der Waals surface area contributed by atoms with Gasteiger partial charge in [-0.3, -0.25) is 0 Å². The van der Waals surface area contributed by atoms with Crippen molar-refractivity contribution in [1.82, 2.24) is 9.71 Å². The molecule has 6 nitrogen and oxygen atoms in total. The lowest BCUT2D eigenvalue weighted by atomic mass is 10.1. The number of nitrogens with zero attached hydrogens (tertiary/aromatic N) is 2. The fraction of sp³-hybridized carbons (Fsp3) is 0.421. The summed E-state index contributed by atoms with van der Waals surface area (Å²) in [6, 6.07) is 9.55. The second kappa shape index (κ2) is 7.63. The quantitative estimate of drug-likeness (QED) is 0.870. The topological polar surface area (TPSA) is 71.5 Å². The van der Waals surface area contributed by atoms with Crippen molar-refractivity contribution in [3.8, 4) is 5.75 Å². The van der Waals surface area contributed by atoms with Crippen molar-refractivity contribution in [3.63, 3.8) is 0 Å². The Labute approximate surface area is 155 Å². The summed E-state index contributed by atoms with van der Waals surface area (Å²) in [5.74, 6) is 1.72. The van der Waals surface area contributed by atoms with Gasteiger partial charge in [0.25, 0.3) is 0 Å². The first-order chi connectivity index (χ1) is 12.4. The zero-order chi connectivity index (χ0) is 18.7. The number of nitrogens with one attached hydrogen (secondary N) is 1. The van der Waals surface area contributed by atoms with Gasteiger partial charge in [-0.15, -0.1) is 0 Å². The van der Waals surface area contributed by atoms with E-state index in [1.807, 2.05) is 6.07 Å². The first-order valence-electron chi connectivity index (χ1n) is 8.77. The molecule has 0 amide bonds. The molecule has 1 aliphatic heterocycles. The van der Waals surface area contributed by atoms with E-state index in [1.54, 1.807) is 12.1 Å². The zero-order valence-electron chi connectivity index (χ0n) is 15.4. The molecule has 0 bridgehead atoms. The van der Waals surface area contributed by atoms with Gasteiger partial charge < -0.3 is 9.64 Å². The van der Waals surface area contributed by atoms with Crippen LogP contribution in [0.5, 0.6) is 5.75 Å². The average Bonchev–Trinajstić information content (AvgIpc) is 2.65. The van der Waals surface area contributed by atoms with Crippen molar-refractivity contribution in [3.05, 3.63) is 47.7 Å². The fourth-order valence-electron chi connectivity index (χ4n) is 3.02. The molecule has 0 aliphatic carbocycles. The number of sulfonamides is 1. The van der Waals surface area contributed by atoms with Crippen LogP contribution in [-0.4, -0.2) is 39.6 Å². The molecule has 140 valence electrons. The van der Waals surface area contributed by atoms with Gasteiger partial charge in [0.05, 0.1) is 0 Å². The number of rotatable bonds is 5. The number of ether oxygens (including phenoxy) is 1. The minimum absolute atomic E-state index is 0.178. The number of piperidine rings is 1. The Hall–Kier alpha value is -2.12. The van der Waals surface area contributed by atoms with Crippen molar-refractivity contribution in [1.29, 1.82) is 0 Å². The summed E-state index contributed by atoms with van der Waals surface area (Å²) in [7, 11) is -2.05. The Morgan fingerprint density at radius 3 is 2.42 bits per heavy atom. The smallest absolute Gasteiger partial charge is 0.241 e. The molecule has 0 atom stereocenters. The van der Waals surface area contributed by atoms with E-state index in [9.17, 15) is 8.42 Å². The highest BCUT2D eigenvalue weighted by Gasteiger charge is 2.22. The molecule has 7 heteroatoms. The molecule has 26 heavy (non-hydrogen) atoms. The maximum absolute atomic E-state index is 11.8. The second-order valence-electron chi connectivity index (χ2n) is 6.61. The summed E-state index contributed by atoms with van der Waals surface area (Å²) in [6.07, 6.45) is 3.41. The maximum atomic E-state index is 11.8. The minimum Gasteiger partial charge on any atom is -0.490 e. The van der Waals surface area contributed by atoms with Gasteiger partial charge in [-0.2, -0.15) is 0 Å². The summed E-state index contributed by atoms with van der Waals surface area (Å²) < 4.78 is 32.0. The van der Waals surface area contributed by atoms with Gasteiger partial charge in [-0.05, 0) is 56.3 Å². The van der Waals surface area contributed by atoms with Crippen molar-refractivity contribution in [2.24, 2.45) is 0 Å². The lowest BCUT2D eigenvalue weighted by Crippen LogP contribution is -2.38. The number of benzene rings is 1. The molecule has 0 radical (unpaired) electrons. The Morgan fingerprint density at radius 2 is 1.85 bits per heavy atom. The molecule has 0 saturated carbocycles. The van der Waals surface area contributed by atoms with E-state index >= 15 is 0 Å². The monoisotopic (exact) mass is 375 g/mol. The van der Waals surface area contributed by atoms with Crippen LogP contribution in [0, 0.1) is 13.8 Å². The number of aryl methyl sites for hydroxylation is 2. The molecule has 1 aromatic carbocycles. The average molecular weight is 375 g/mol. The Morgan fingerprint density at radius 1 is 1.12 bits per heavy atom. The predicted octanol–water partition coefficient (Wildman–Crippen LogP) is 2.65. The summed E-state index contributed by atoms with van der Waals surface area (Å²) >= 11 is 0. The van der Waals surface area contributed by atoms with Gasteiger partial charge in [-0.25, -0.2) is 18.1 Å². The highest BCUT2D eigenvalue weighted by Crippen LogP contribution is 2.24. The number of anilines is 1. The summed E-state index contributed by atoms with van der Waals surface area (Å²) in [4.78, 5) is 6.65. The van der Waals surface area contributed by atoms with Crippen molar-refractivity contribution >= 4 is 15.8 Å². The molecule has 2 aromatic rings. The molecule has 0 spiro atoms. The SMILES string of the molecule is CNS(=O)(=O)c1ccc(N2CCC(Oc3ccc(C)c(C)c3)CC2)nc1. The molecular weight excluding hydrogens is 350 g/mol. The van der Waals surface area contributed by atoms with Crippen LogP contribution in [0.25, 0.3) is 0 Å². The molecule has 0 unspecified atom stereocenters. The van der Waals surface area contributed by atoms with Crippen LogP contribution in [0.15, 0.2) is 41.4 Å². The maximum Gasteiger partial charge on any atom is 0.241 e. The largest absolute Gasteiger partial charge is 0.490 e. The third-order valence-electron chi connectivity index (χ3n) is 4.85. The van der Waals surface area contributed by atoms with Crippen molar-refractivity contribution < 1.29 is 13.2 Å². The van der Waals surface area contributed by atoms with Crippen LogP contribution in [0.3, 0.4) is 0 Å². The number of aromatic nitrogens is 1. The Balaban J connectivity index is 1.59. The van der Waals surface area contributed by atoms with E-state index < -0.39 is 10.0 Å². The number of hydrogen-bond donors (Lipinski definition) is 1. The predicted molar refractivity (Wildman–Crippen MR) is 102 cm³/mol. The first kappa shape index (κ1) is 18.7. The first-order valence-corrected chi connectivity index (χ1v) is 10.3. The molecule has 1 aliphatic rings. The molecule has 3 rings (SSSR count). The van der Waals surface area contributed by atoms with E-state index in [4.69, 9.17) is 4.74 Å². The van der Waals surface area contributed by atoms with E-state index in [1.165, 1.54) is 24.4 Å². The van der Waals surface area contributed by atoms with Crippen molar-refractivity contribution in [2.75, 3.05) is 25.0 Å². The van der Waals surface area contributed by atoms with E-state index in [0.29, 0.717) is 0 Å². The van der Waals surface area contributed by atoms with Gasteiger partial charge in [0.2, 0.25) is 10.0 Å². The van der Waals surface area contributed by atoms with Gasteiger partial charge >= 0.3 is 0 Å². The molecule has 1 fully saturated rings. The number of hydrogen-bond acceptors (Lipinski definition) is 5. The number of pyridine rings is 1. The minimum atomic E-state index is -3.45. The highest BCUT2D eigenvalue weighted by molar-refractivity contribution is 7.89. The Bertz CT molecular complexity index is 858. The highest BCUT2D eigenvalue weighted by atomic mass is 32.2. The second-order valence-corrected chi connectivity index (χ2v) is 8.50. The van der Waals surface area contributed by atoms with Crippen LogP contribution in [-0.2, 0) is 10.0 Å². The van der Waals surface area contributed by atoms with Crippen LogP contribution in [0.4, 0.5) is 5.82 Å². The van der Waals surface area contributed by atoms with Crippen molar-refractivity contribution in [2.45, 2.75) is 37.7 Å². The summed E-state index contributed by atoms with van der Waals surface area (Å²) in [6.45, 7) is 5.85. The van der Waals surface area contributed by atoms with Crippen LogP contribution < -0.4 is 14.4 Å². The van der Waals surface area contributed by atoms with E-state index in [-0.39, 0.29) is 11.0 Å². The Kier molecular flexibility index (Phi) is 5.48. The van der Waals surface area contributed by atoms with E-state index in [0.717, 1.165) is 37.5 Å². The third kappa shape index (κ3) is 4.16. The lowest BCUT2D eigenvalue weighted by Gasteiger charge is -2.33. The third-order valence-corrected chi connectivity index (χ3v) is 6.25. The van der Waals surface area contributed by atoms with Crippen LogP contribution >= 0.6 is 0 Å². The molecule has 1 saturated heterocycles. The fourth-order valence-corrected chi connectivity index (χ4v) is 3.69. The van der Waals surface area contributed by atoms with Gasteiger partial charge in [0.15, 0.2) is 0 Å². The summed E-state index contributed by atoms with van der Waals surface area (Å²) in [5.41, 5.74) is 2.50. The van der Waals surface area contributed by atoms with Gasteiger partial charge in [0, 0.05) is 32.1 Å². The standard InChI is InChI=1S/C19H25N3O3S/c1-14-4-5-17(12-15(14)2)25-16-8-10-22(11-9-16)19-7-6-18(13-21-19)26(23,24)20-3/h4-7,12-13,16,20H,8-11H2,1-3H3. The summed E-state index contributed by atoms with van der Waals surface area (Å²) in [5, 5.41) is 0. The van der Waals surface area contributed by atoms with Gasteiger partial charge in [-0.1, -0.05) is 6.07 Å². The normalized spacial score (nSPS) is 15.9. The van der Waals surface area contributed by atoms with E-state index in [2.05, 4.69) is 40.6 Å². The molecule has 1 N–H and O–H groups in total. The van der Waals surface area contributed by atoms with Crippen LogP contribution in [0.1, 0.15) is 24.0 Å². The zero-order valence-corrected chi connectivity index (χ0v) is 16.2.